The van der Waals surface area contributed by atoms with Crippen molar-refractivity contribution in [3.63, 3.8) is 0 Å². The fourth-order valence-electron chi connectivity index (χ4n) is 7.68. The molecule has 0 atom stereocenters. The Bertz CT molecular complexity index is 1100. The van der Waals surface area contributed by atoms with Gasteiger partial charge in [0, 0.05) is 48.2 Å². The van der Waals surface area contributed by atoms with Crippen molar-refractivity contribution in [3.8, 4) is 11.1 Å². The number of piperazine rings is 1. The molecule has 0 unspecified atom stereocenters. The average Bonchev–Trinajstić information content (AvgIpc) is 3.27. The summed E-state index contributed by atoms with van der Waals surface area (Å²) in [6, 6.07) is 8.08. The number of ether oxygens (including phenoxy) is 1. The molecule has 2 aromatic rings. The number of nitrogens with zero attached hydrogens (tertiary/aromatic N) is 2. The largest absolute Gasteiger partial charge is 0.465 e. The number of amides is 1. The third kappa shape index (κ3) is 4.71. The van der Waals surface area contributed by atoms with Crippen LogP contribution in [-0.4, -0.2) is 67.6 Å². The smallest absolute Gasteiger partial charge is 0.341 e. The molecule has 7 rings (SSSR count). The van der Waals surface area contributed by atoms with Gasteiger partial charge in [0.2, 0.25) is 5.91 Å². The zero-order valence-corrected chi connectivity index (χ0v) is 22.3. The van der Waals surface area contributed by atoms with E-state index in [0.29, 0.717) is 22.1 Å². The second-order valence-electron chi connectivity index (χ2n) is 11.1. The van der Waals surface area contributed by atoms with Crippen LogP contribution in [0.25, 0.3) is 11.1 Å². The second kappa shape index (κ2) is 10.1. The molecular formula is C28H34ClN3O3S. The number of thiophene rings is 1. The van der Waals surface area contributed by atoms with Gasteiger partial charge in [-0.05, 0) is 73.5 Å². The molecule has 36 heavy (non-hydrogen) atoms. The molecule has 4 saturated carbocycles. The van der Waals surface area contributed by atoms with Gasteiger partial charge in [0.05, 0.1) is 13.7 Å². The molecule has 1 amide bonds. The van der Waals surface area contributed by atoms with Crippen molar-refractivity contribution >= 4 is 39.8 Å². The van der Waals surface area contributed by atoms with Gasteiger partial charge in [-0.25, -0.2) is 4.79 Å². The van der Waals surface area contributed by atoms with Crippen LogP contribution in [0.2, 0.25) is 5.02 Å². The first kappa shape index (κ1) is 24.4. The van der Waals surface area contributed by atoms with E-state index in [-0.39, 0.29) is 5.91 Å². The number of hydrogen-bond donors (Lipinski definition) is 1. The van der Waals surface area contributed by atoms with Crippen molar-refractivity contribution in [2.24, 2.45) is 23.7 Å². The molecule has 0 radical (unpaired) electrons. The summed E-state index contributed by atoms with van der Waals surface area (Å²) in [4.78, 5) is 30.6. The number of benzene rings is 1. The van der Waals surface area contributed by atoms with E-state index < -0.39 is 5.97 Å². The molecule has 1 aromatic carbocycles. The molecule has 1 saturated heterocycles. The van der Waals surface area contributed by atoms with E-state index in [2.05, 4.69) is 15.1 Å². The average molecular weight is 528 g/mol. The molecule has 8 heteroatoms. The summed E-state index contributed by atoms with van der Waals surface area (Å²) in [5, 5.41) is 6.03. The van der Waals surface area contributed by atoms with Crippen LogP contribution < -0.4 is 5.32 Å². The molecule has 0 spiro atoms. The molecule has 6 nitrogen and oxygen atoms in total. The first-order valence-electron chi connectivity index (χ1n) is 13.2. The van der Waals surface area contributed by atoms with E-state index in [1.807, 2.05) is 17.5 Å². The number of hydrogen-bond acceptors (Lipinski definition) is 6. The van der Waals surface area contributed by atoms with E-state index in [1.54, 1.807) is 12.1 Å². The van der Waals surface area contributed by atoms with Gasteiger partial charge in [0.25, 0.3) is 0 Å². The van der Waals surface area contributed by atoms with Crippen LogP contribution in [0.15, 0.2) is 29.6 Å². The maximum Gasteiger partial charge on any atom is 0.341 e. The molecule has 192 valence electrons. The van der Waals surface area contributed by atoms with Gasteiger partial charge in [-0.3, -0.25) is 14.6 Å². The van der Waals surface area contributed by atoms with Crippen LogP contribution in [-0.2, 0) is 9.53 Å². The first-order chi connectivity index (χ1) is 17.5. The van der Waals surface area contributed by atoms with Crippen molar-refractivity contribution in [3.05, 3.63) is 40.2 Å². The Kier molecular flexibility index (Phi) is 6.84. The SMILES string of the molecule is COC(=O)c1c(-c2ccc(Cl)cc2)csc1NC(=O)CN1CCN(C2C3CC4CC(C3)CC2C4)CC1. The van der Waals surface area contributed by atoms with Crippen LogP contribution in [0.4, 0.5) is 5.00 Å². The lowest BCUT2D eigenvalue weighted by molar-refractivity contribution is -0.118. The fraction of sp³-hybridized carbons (Fsp3) is 0.571. The highest BCUT2D eigenvalue weighted by atomic mass is 35.5. The highest BCUT2D eigenvalue weighted by molar-refractivity contribution is 7.15. The van der Waals surface area contributed by atoms with Gasteiger partial charge in [-0.2, -0.15) is 0 Å². The Morgan fingerprint density at radius 1 is 1.00 bits per heavy atom. The Balaban J connectivity index is 1.07. The molecule has 5 fully saturated rings. The van der Waals surface area contributed by atoms with Crippen LogP contribution in [0.3, 0.4) is 0 Å². The summed E-state index contributed by atoms with van der Waals surface area (Å²) in [6.07, 6.45) is 7.28. The lowest BCUT2D eigenvalue weighted by Crippen LogP contribution is -2.60. The summed E-state index contributed by atoms with van der Waals surface area (Å²) in [5.74, 6) is 3.26. The van der Waals surface area contributed by atoms with Crippen molar-refractivity contribution in [1.29, 1.82) is 0 Å². The van der Waals surface area contributed by atoms with Crippen LogP contribution in [0.1, 0.15) is 42.5 Å². The molecule has 1 aliphatic heterocycles. The van der Waals surface area contributed by atoms with Gasteiger partial charge in [-0.1, -0.05) is 23.7 Å². The first-order valence-corrected chi connectivity index (χ1v) is 14.5. The van der Waals surface area contributed by atoms with Gasteiger partial charge in [0.1, 0.15) is 10.6 Å². The highest BCUT2D eigenvalue weighted by Crippen LogP contribution is 2.55. The molecule has 4 aliphatic carbocycles. The van der Waals surface area contributed by atoms with Crippen molar-refractivity contribution in [2.45, 2.75) is 38.1 Å². The number of halogens is 1. The maximum absolute atomic E-state index is 13.0. The van der Waals surface area contributed by atoms with E-state index in [4.69, 9.17) is 16.3 Å². The predicted molar refractivity (Wildman–Crippen MR) is 144 cm³/mol. The van der Waals surface area contributed by atoms with Crippen LogP contribution >= 0.6 is 22.9 Å². The molecule has 5 aliphatic rings. The Labute approximate surface area is 221 Å². The highest BCUT2D eigenvalue weighted by Gasteiger charge is 2.50. The number of carbonyl (C=O) groups excluding carboxylic acids is 2. The molecular weight excluding hydrogens is 494 g/mol. The Morgan fingerprint density at radius 2 is 1.64 bits per heavy atom. The van der Waals surface area contributed by atoms with Crippen molar-refractivity contribution in [1.82, 2.24) is 9.80 Å². The Morgan fingerprint density at radius 3 is 2.25 bits per heavy atom. The molecule has 4 bridgehead atoms. The predicted octanol–water partition coefficient (Wildman–Crippen LogP) is 5.24. The van der Waals surface area contributed by atoms with E-state index in [9.17, 15) is 9.59 Å². The zero-order valence-electron chi connectivity index (χ0n) is 20.7. The van der Waals surface area contributed by atoms with E-state index >= 15 is 0 Å². The maximum atomic E-state index is 13.0. The standard InChI is InChI=1S/C28H34ClN3O3S/c1-35-28(34)25-23(19-2-4-22(29)5-3-19)16-36-27(25)30-24(33)15-31-6-8-32(9-7-31)26-20-11-17-10-18(13-20)14-21(26)12-17/h2-5,16-18,20-21,26H,6-15H2,1H3,(H,30,33). The molecule has 1 aromatic heterocycles. The van der Waals surface area contributed by atoms with Crippen LogP contribution in [0, 0.1) is 23.7 Å². The number of esters is 1. The van der Waals surface area contributed by atoms with E-state index in [1.165, 1.54) is 50.6 Å². The van der Waals surface area contributed by atoms with Gasteiger partial charge in [-0.15, -0.1) is 11.3 Å². The number of methoxy groups -OCH3 is 1. The number of anilines is 1. The minimum Gasteiger partial charge on any atom is -0.465 e. The monoisotopic (exact) mass is 527 g/mol. The second-order valence-corrected chi connectivity index (χ2v) is 12.4. The number of nitrogens with one attached hydrogen (secondary N) is 1. The summed E-state index contributed by atoms with van der Waals surface area (Å²) in [5.41, 5.74) is 1.99. The number of carbonyl (C=O) groups is 2. The van der Waals surface area contributed by atoms with Gasteiger partial charge in [0.15, 0.2) is 0 Å². The summed E-state index contributed by atoms with van der Waals surface area (Å²) >= 11 is 7.38. The normalized spacial score (nSPS) is 29.9. The third-order valence-corrected chi connectivity index (χ3v) is 10.1. The zero-order chi connectivity index (χ0) is 24.8. The lowest BCUT2D eigenvalue weighted by Gasteiger charge is -2.58. The van der Waals surface area contributed by atoms with E-state index in [0.717, 1.165) is 67.0 Å². The quantitative estimate of drug-likeness (QED) is 0.521. The summed E-state index contributed by atoms with van der Waals surface area (Å²) in [7, 11) is 1.36. The van der Waals surface area contributed by atoms with Crippen molar-refractivity contribution < 1.29 is 14.3 Å². The minimum atomic E-state index is -0.458. The minimum absolute atomic E-state index is 0.0901. The summed E-state index contributed by atoms with van der Waals surface area (Å²) in [6.45, 7) is 4.27. The fourth-order valence-corrected chi connectivity index (χ4v) is 8.78. The lowest BCUT2D eigenvalue weighted by atomic mass is 9.54. The van der Waals surface area contributed by atoms with Crippen LogP contribution in [0.5, 0.6) is 0 Å². The molecule has 1 N–H and O–H groups in total. The topological polar surface area (TPSA) is 61.9 Å². The summed E-state index contributed by atoms with van der Waals surface area (Å²) < 4.78 is 5.04. The molecule has 2 heterocycles. The van der Waals surface area contributed by atoms with Gasteiger partial charge < -0.3 is 10.1 Å². The Hall–Kier alpha value is -1.93. The van der Waals surface area contributed by atoms with Crippen molar-refractivity contribution in [2.75, 3.05) is 45.2 Å². The third-order valence-electron chi connectivity index (χ3n) is 8.96. The number of rotatable bonds is 6. The van der Waals surface area contributed by atoms with Gasteiger partial charge >= 0.3 is 5.97 Å².